The summed E-state index contributed by atoms with van der Waals surface area (Å²) >= 11 is 0. The molecule has 0 spiro atoms. The van der Waals surface area contributed by atoms with Gasteiger partial charge >= 0.3 is 0 Å². The summed E-state index contributed by atoms with van der Waals surface area (Å²) in [7, 11) is -1.79. The zero-order valence-electron chi connectivity index (χ0n) is 8.98. The molecule has 0 bridgehead atoms. The lowest BCUT2D eigenvalue weighted by Gasteiger charge is -2.20. The Labute approximate surface area is 89.1 Å². The standard InChI is InChI=1S/C9H14N2O3Si/c1-15(2,3)14-8-6-4-5-7(9(8)10)11(12)13/h4-6H,10H2,1-3H3. The van der Waals surface area contributed by atoms with Crippen molar-refractivity contribution in [2.24, 2.45) is 0 Å². The number of hydrogen-bond acceptors (Lipinski definition) is 4. The van der Waals surface area contributed by atoms with Crippen LogP contribution in [0.25, 0.3) is 0 Å². The van der Waals surface area contributed by atoms with Gasteiger partial charge < -0.3 is 10.2 Å². The number of nitrogen functional groups attached to an aromatic ring is 1. The number of anilines is 1. The molecule has 0 aliphatic heterocycles. The average molecular weight is 226 g/mol. The van der Waals surface area contributed by atoms with Crippen molar-refractivity contribution < 1.29 is 9.35 Å². The van der Waals surface area contributed by atoms with Gasteiger partial charge in [-0.3, -0.25) is 10.1 Å². The normalized spacial score (nSPS) is 11.1. The summed E-state index contributed by atoms with van der Waals surface area (Å²) in [6, 6.07) is 4.59. The Kier molecular flexibility index (Phi) is 2.99. The largest absolute Gasteiger partial charge is 0.543 e. The number of hydrogen-bond donors (Lipinski definition) is 1. The van der Waals surface area contributed by atoms with Gasteiger partial charge in [0.2, 0.25) is 8.32 Å². The fourth-order valence-corrected chi connectivity index (χ4v) is 1.95. The minimum absolute atomic E-state index is 0.102. The summed E-state index contributed by atoms with van der Waals surface area (Å²) in [6.07, 6.45) is 0. The van der Waals surface area contributed by atoms with Gasteiger partial charge in [-0.2, -0.15) is 0 Å². The van der Waals surface area contributed by atoms with Crippen molar-refractivity contribution in [1.82, 2.24) is 0 Å². The summed E-state index contributed by atoms with van der Waals surface area (Å²) in [5, 5.41) is 10.6. The van der Waals surface area contributed by atoms with E-state index < -0.39 is 13.2 Å². The molecule has 15 heavy (non-hydrogen) atoms. The van der Waals surface area contributed by atoms with Crippen LogP contribution >= 0.6 is 0 Å². The Hall–Kier alpha value is -1.56. The molecule has 0 aliphatic rings. The van der Waals surface area contributed by atoms with Crippen molar-refractivity contribution in [2.45, 2.75) is 19.6 Å². The Morgan fingerprint density at radius 3 is 2.47 bits per heavy atom. The SMILES string of the molecule is C[Si](C)(C)Oc1cccc([N+](=O)[O-])c1N. The van der Waals surface area contributed by atoms with E-state index in [1.54, 1.807) is 12.1 Å². The lowest BCUT2D eigenvalue weighted by molar-refractivity contribution is -0.383. The number of rotatable bonds is 3. The Morgan fingerprint density at radius 2 is 2.00 bits per heavy atom. The molecule has 6 heteroatoms. The van der Waals surface area contributed by atoms with Crippen LogP contribution in [0.5, 0.6) is 5.75 Å². The second-order valence-corrected chi connectivity index (χ2v) is 8.59. The highest BCUT2D eigenvalue weighted by Gasteiger charge is 2.21. The maximum Gasteiger partial charge on any atom is 0.295 e. The zero-order chi connectivity index (χ0) is 11.6. The van der Waals surface area contributed by atoms with Gasteiger partial charge in [0.15, 0.2) is 5.69 Å². The van der Waals surface area contributed by atoms with E-state index in [2.05, 4.69) is 0 Å². The van der Waals surface area contributed by atoms with E-state index in [-0.39, 0.29) is 11.4 Å². The lowest BCUT2D eigenvalue weighted by Crippen LogP contribution is -2.29. The van der Waals surface area contributed by atoms with Gasteiger partial charge in [-0.25, -0.2) is 0 Å². The fraction of sp³-hybridized carbons (Fsp3) is 0.333. The average Bonchev–Trinajstić information content (AvgIpc) is 2.05. The van der Waals surface area contributed by atoms with Gasteiger partial charge in [-0.05, 0) is 25.7 Å². The smallest absolute Gasteiger partial charge is 0.295 e. The summed E-state index contributed by atoms with van der Waals surface area (Å²) in [6.45, 7) is 5.97. The molecule has 2 N–H and O–H groups in total. The molecule has 1 rings (SSSR count). The topological polar surface area (TPSA) is 78.4 Å². The van der Waals surface area contributed by atoms with Gasteiger partial charge in [0.1, 0.15) is 5.75 Å². The highest BCUT2D eigenvalue weighted by Crippen LogP contribution is 2.32. The molecule has 82 valence electrons. The van der Waals surface area contributed by atoms with Crippen molar-refractivity contribution in [2.75, 3.05) is 5.73 Å². The molecule has 0 atom stereocenters. The molecule has 0 amide bonds. The van der Waals surface area contributed by atoms with E-state index in [1.807, 2.05) is 19.6 Å². The van der Waals surface area contributed by atoms with Crippen molar-refractivity contribution in [3.63, 3.8) is 0 Å². The van der Waals surface area contributed by atoms with Crippen LogP contribution in [0.4, 0.5) is 11.4 Å². The van der Waals surface area contributed by atoms with Crippen LogP contribution in [-0.4, -0.2) is 13.2 Å². The number of para-hydroxylation sites is 1. The highest BCUT2D eigenvalue weighted by atomic mass is 28.4. The molecule has 0 aliphatic carbocycles. The predicted molar refractivity (Wildman–Crippen MR) is 61.5 cm³/mol. The van der Waals surface area contributed by atoms with Crippen molar-refractivity contribution >= 4 is 19.7 Å². The molecule has 0 heterocycles. The minimum Gasteiger partial charge on any atom is -0.543 e. The van der Waals surface area contributed by atoms with Crippen LogP contribution in [0.3, 0.4) is 0 Å². The molecular weight excluding hydrogens is 212 g/mol. The van der Waals surface area contributed by atoms with Crippen molar-refractivity contribution in [3.8, 4) is 5.75 Å². The van der Waals surface area contributed by atoms with Gasteiger partial charge in [-0.15, -0.1) is 0 Å². The van der Waals surface area contributed by atoms with E-state index >= 15 is 0 Å². The van der Waals surface area contributed by atoms with Gasteiger partial charge in [0, 0.05) is 6.07 Å². The van der Waals surface area contributed by atoms with Gasteiger partial charge in [0.25, 0.3) is 5.69 Å². The summed E-state index contributed by atoms with van der Waals surface area (Å²) in [4.78, 5) is 10.1. The molecule has 1 aromatic carbocycles. The number of nitrogens with zero attached hydrogens (tertiary/aromatic N) is 1. The third-order valence-corrected chi connectivity index (χ3v) is 2.49. The zero-order valence-corrected chi connectivity index (χ0v) is 9.98. The predicted octanol–water partition coefficient (Wildman–Crippen LogP) is 2.39. The quantitative estimate of drug-likeness (QED) is 0.371. The van der Waals surface area contributed by atoms with E-state index in [0.29, 0.717) is 5.75 Å². The molecule has 0 aromatic heterocycles. The van der Waals surface area contributed by atoms with Crippen LogP contribution in [0.2, 0.25) is 19.6 Å². The van der Waals surface area contributed by atoms with Crippen molar-refractivity contribution in [3.05, 3.63) is 28.3 Å². The minimum atomic E-state index is -1.79. The highest BCUT2D eigenvalue weighted by molar-refractivity contribution is 6.70. The summed E-state index contributed by atoms with van der Waals surface area (Å²) in [5.74, 6) is 0.406. The Bertz CT molecular complexity index is 387. The molecule has 5 nitrogen and oxygen atoms in total. The van der Waals surface area contributed by atoms with Gasteiger partial charge in [0.05, 0.1) is 4.92 Å². The Balaban J connectivity index is 3.10. The fourth-order valence-electron chi connectivity index (χ4n) is 1.11. The first-order valence-electron chi connectivity index (χ1n) is 4.53. The lowest BCUT2D eigenvalue weighted by atomic mass is 10.2. The molecule has 0 saturated carbocycles. The second-order valence-electron chi connectivity index (χ2n) is 4.16. The van der Waals surface area contributed by atoms with Crippen LogP contribution < -0.4 is 10.2 Å². The maximum absolute atomic E-state index is 10.6. The maximum atomic E-state index is 10.6. The third-order valence-electron chi connectivity index (χ3n) is 1.66. The van der Waals surface area contributed by atoms with Crippen LogP contribution in [0.1, 0.15) is 0 Å². The van der Waals surface area contributed by atoms with E-state index in [1.165, 1.54) is 6.07 Å². The molecular formula is C9H14N2O3Si. The number of nitrogens with two attached hydrogens (primary N) is 1. The first-order chi connectivity index (χ1) is 6.81. The van der Waals surface area contributed by atoms with E-state index in [4.69, 9.17) is 10.2 Å². The van der Waals surface area contributed by atoms with Gasteiger partial charge in [-0.1, -0.05) is 6.07 Å². The molecule has 0 radical (unpaired) electrons. The summed E-state index contributed by atoms with van der Waals surface area (Å²) in [5.41, 5.74) is 5.64. The molecule has 0 saturated heterocycles. The van der Waals surface area contributed by atoms with Crippen LogP contribution in [0.15, 0.2) is 18.2 Å². The summed E-state index contributed by atoms with van der Waals surface area (Å²) < 4.78 is 5.63. The van der Waals surface area contributed by atoms with E-state index in [0.717, 1.165) is 0 Å². The molecule has 0 fully saturated rings. The van der Waals surface area contributed by atoms with Crippen LogP contribution in [0, 0.1) is 10.1 Å². The number of nitro benzene ring substituents is 1. The first-order valence-corrected chi connectivity index (χ1v) is 7.94. The third kappa shape index (κ3) is 2.95. The molecule has 1 aromatic rings. The Morgan fingerprint density at radius 1 is 1.40 bits per heavy atom. The van der Waals surface area contributed by atoms with E-state index in [9.17, 15) is 10.1 Å². The monoisotopic (exact) mass is 226 g/mol. The second kappa shape index (κ2) is 3.89. The first kappa shape index (κ1) is 11.5. The molecule has 0 unspecified atom stereocenters. The number of nitro groups is 1. The van der Waals surface area contributed by atoms with Crippen LogP contribution in [-0.2, 0) is 0 Å². The number of benzene rings is 1. The van der Waals surface area contributed by atoms with Crippen molar-refractivity contribution in [1.29, 1.82) is 0 Å².